The number of carboxylic acid groups (broad SMARTS) is 1. The lowest BCUT2D eigenvalue weighted by atomic mass is 10.0. The highest BCUT2D eigenvalue weighted by molar-refractivity contribution is 5.83. The minimum atomic E-state index is -0.944. The molecule has 0 bridgehead atoms. The number of hydrogen-bond donors (Lipinski definition) is 3. The van der Waals surface area contributed by atoms with Gasteiger partial charge in [-0.2, -0.15) is 0 Å². The van der Waals surface area contributed by atoms with Gasteiger partial charge in [-0.1, -0.05) is 31.7 Å². The van der Waals surface area contributed by atoms with E-state index >= 15 is 0 Å². The summed E-state index contributed by atoms with van der Waals surface area (Å²) in [6, 6.07) is 3.65. The van der Waals surface area contributed by atoms with Gasteiger partial charge in [0.25, 0.3) is 0 Å². The van der Waals surface area contributed by atoms with E-state index in [4.69, 9.17) is 4.98 Å². The molecule has 1 fully saturated rings. The molecule has 3 rings (SSSR count). The van der Waals surface area contributed by atoms with Crippen molar-refractivity contribution in [3.05, 3.63) is 23.4 Å². The molecule has 31 heavy (non-hydrogen) atoms. The third-order valence-corrected chi connectivity index (χ3v) is 6.66. The molecule has 172 valence electrons. The second-order valence-electron chi connectivity index (χ2n) is 9.17. The summed E-state index contributed by atoms with van der Waals surface area (Å²) in [7, 11) is 0. The fourth-order valence-electron chi connectivity index (χ4n) is 4.77. The van der Waals surface area contributed by atoms with E-state index < -0.39 is 12.0 Å². The molecule has 1 aromatic heterocycles. The molecule has 0 unspecified atom stereocenters. The molecule has 0 saturated carbocycles. The second-order valence-corrected chi connectivity index (χ2v) is 9.17. The molecule has 2 aliphatic heterocycles. The van der Waals surface area contributed by atoms with Crippen molar-refractivity contribution < 1.29 is 14.7 Å². The van der Waals surface area contributed by atoms with Crippen LogP contribution >= 0.6 is 0 Å². The third-order valence-electron chi connectivity index (χ3n) is 6.66. The summed E-state index contributed by atoms with van der Waals surface area (Å²) in [5.41, 5.74) is 2.47. The third kappa shape index (κ3) is 6.58. The van der Waals surface area contributed by atoms with Crippen molar-refractivity contribution in [3.8, 4) is 0 Å². The number of hydrogen-bond acceptors (Lipinski definition) is 4. The highest BCUT2D eigenvalue weighted by atomic mass is 16.4. The first kappa shape index (κ1) is 23.4. The number of urea groups is 1. The molecule has 3 heterocycles. The lowest BCUT2D eigenvalue weighted by molar-refractivity contribution is -0.139. The van der Waals surface area contributed by atoms with E-state index in [-0.39, 0.29) is 18.1 Å². The topological polar surface area (TPSA) is 94.6 Å². The zero-order chi connectivity index (χ0) is 22.2. The SMILES string of the molecule is C[C@@H]1CC[C@H](C)N1C(=O)N[C@@H](CCCCCCCc1ccc2c(n1)NCCC2)C(=O)O. The smallest absolute Gasteiger partial charge is 0.326 e. The molecule has 2 aliphatic rings. The minimum Gasteiger partial charge on any atom is -0.480 e. The standard InChI is InChI=1S/C24H38N4O3/c1-17-12-13-18(2)28(17)24(31)27-21(23(29)30)11-7-5-3-4-6-10-20-15-14-19-9-8-16-25-22(19)26-20/h14-15,17-18,21H,3-13,16H2,1-2H3,(H,25,26)(H,27,31)(H,29,30)/t17-,18+,21-/m0/s1. The molecule has 0 spiro atoms. The number of fused-ring (bicyclic) bond motifs is 1. The highest BCUT2D eigenvalue weighted by Gasteiger charge is 2.33. The van der Waals surface area contributed by atoms with Crippen LogP contribution in [0.4, 0.5) is 10.6 Å². The number of carbonyl (C=O) groups is 2. The predicted molar refractivity (Wildman–Crippen MR) is 122 cm³/mol. The average molecular weight is 431 g/mol. The first-order valence-corrected chi connectivity index (χ1v) is 12.0. The maximum absolute atomic E-state index is 12.5. The summed E-state index contributed by atoms with van der Waals surface area (Å²) in [5, 5.41) is 15.6. The molecule has 3 atom stereocenters. The van der Waals surface area contributed by atoms with Gasteiger partial charge < -0.3 is 20.6 Å². The summed E-state index contributed by atoms with van der Waals surface area (Å²) in [6.45, 7) is 5.06. The normalized spacial score (nSPS) is 21.3. The number of aryl methyl sites for hydroxylation is 2. The quantitative estimate of drug-likeness (QED) is 0.480. The monoisotopic (exact) mass is 430 g/mol. The lowest BCUT2D eigenvalue weighted by Gasteiger charge is -2.28. The first-order chi connectivity index (χ1) is 15.0. The van der Waals surface area contributed by atoms with Crippen LogP contribution in [0.1, 0.15) is 82.9 Å². The molecule has 2 amide bonds. The molecule has 1 aromatic rings. The van der Waals surface area contributed by atoms with Gasteiger partial charge in [0.15, 0.2) is 0 Å². The van der Waals surface area contributed by atoms with Gasteiger partial charge in [0, 0.05) is 24.3 Å². The number of unbranched alkanes of at least 4 members (excludes halogenated alkanes) is 4. The van der Waals surface area contributed by atoms with Crippen LogP contribution in [0.2, 0.25) is 0 Å². The van der Waals surface area contributed by atoms with Crippen molar-refractivity contribution in [1.82, 2.24) is 15.2 Å². The average Bonchev–Trinajstić information content (AvgIpc) is 3.09. The van der Waals surface area contributed by atoms with E-state index in [0.29, 0.717) is 6.42 Å². The van der Waals surface area contributed by atoms with Crippen LogP contribution in [0.5, 0.6) is 0 Å². The number of nitrogens with zero attached hydrogens (tertiary/aromatic N) is 2. The number of carbonyl (C=O) groups excluding carboxylic acids is 1. The minimum absolute atomic E-state index is 0.171. The number of rotatable bonds is 10. The fraction of sp³-hybridized carbons (Fsp3) is 0.708. The second kappa shape index (κ2) is 11.3. The van der Waals surface area contributed by atoms with Crippen molar-refractivity contribution in [1.29, 1.82) is 0 Å². The zero-order valence-corrected chi connectivity index (χ0v) is 19.0. The number of pyridine rings is 1. The molecule has 0 radical (unpaired) electrons. The number of carboxylic acids is 1. The molecule has 1 saturated heterocycles. The largest absolute Gasteiger partial charge is 0.480 e. The molecule has 7 nitrogen and oxygen atoms in total. The summed E-state index contributed by atoms with van der Waals surface area (Å²) in [6.07, 6.45) is 10.8. The van der Waals surface area contributed by atoms with Crippen molar-refractivity contribution in [3.63, 3.8) is 0 Å². The Bertz CT molecular complexity index is 744. The molecular formula is C24H38N4O3. The Kier molecular flexibility index (Phi) is 8.55. The van der Waals surface area contributed by atoms with Gasteiger partial charge >= 0.3 is 12.0 Å². The number of anilines is 1. The van der Waals surface area contributed by atoms with Crippen LogP contribution < -0.4 is 10.6 Å². The Morgan fingerprint density at radius 2 is 1.87 bits per heavy atom. The first-order valence-electron chi connectivity index (χ1n) is 12.0. The maximum Gasteiger partial charge on any atom is 0.326 e. The van der Waals surface area contributed by atoms with Gasteiger partial charge in [0.2, 0.25) is 0 Å². The molecular weight excluding hydrogens is 392 g/mol. The summed E-state index contributed by atoms with van der Waals surface area (Å²) < 4.78 is 0. The van der Waals surface area contributed by atoms with E-state index in [1.165, 1.54) is 12.0 Å². The van der Waals surface area contributed by atoms with Gasteiger partial charge in [-0.25, -0.2) is 14.6 Å². The highest BCUT2D eigenvalue weighted by Crippen LogP contribution is 2.24. The molecule has 7 heteroatoms. The Morgan fingerprint density at radius 1 is 1.16 bits per heavy atom. The van der Waals surface area contributed by atoms with Gasteiger partial charge in [-0.3, -0.25) is 0 Å². The van der Waals surface area contributed by atoms with Crippen molar-refractivity contribution in [2.75, 3.05) is 11.9 Å². The van der Waals surface area contributed by atoms with Crippen LogP contribution in [0.3, 0.4) is 0 Å². The molecule has 0 aromatic carbocycles. The van der Waals surface area contributed by atoms with Crippen LogP contribution in [0, 0.1) is 0 Å². The van der Waals surface area contributed by atoms with E-state index in [9.17, 15) is 14.7 Å². The van der Waals surface area contributed by atoms with Crippen molar-refractivity contribution >= 4 is 17.8 Å². The Balaban J connectivity index is 1.31. The van der Waals surface area contributed by atoms with E-state index in [2.05, 4.69) is 22.8 Å². The summed E-state index contributed by atoms with van der Waals surface area (Å²) >= 11 is 0. The number of aliphatic carboxylic acids is 1. The Hall–Kier alpha value is -2.31. The van der Waals surface area contributed by atoms with Crippen LogP contribution in [0.25, 0.3) is 0 Å². The van der Waals surface area contributed by atoms with Crippen LogP contribution in [0.15, 0.2) is 12.1 Å². The molecule has 3 N–H and O–H groups in total. The number of nitrogens with one attached hydrogen (secondary N) is 2. The van der Waals surface area contributed by atoms with E-state index in [0.717, 1.165) is 75.8 Å². The van der Waals surface area contributed by atoms with Gasteiger partial charge in [-0.05, 0) is 70.4 Å². The van der Waals surface area contributed by atoms with Gasteiger partial charge in [-0.15, -0.1) is 0 Å². The predicted octanol–water partition coefficient (Wildman–Crippen LogP) is 4.36. The maximum atomic E-state index is 12.5. The Labute approximate surface area is 186 Å². The summed E-state index contributed by atoms with van der Waals surface area (Å²) in [5.74, 6) is 0.114. The number of aromatic nitrogens is 1. The summed E-state index contributed by atoms with van der Waals surface area (Å²) in [4.78, 5) is 30.6. The fourth-order valence-corrected chi connectivity index (χ4v) is 4.77. The van der Waals surface area contributed by atoms with E-state index in [1.54, 1.807) is 4.90 Å². The van der Waals surface area contributed by atoms with Gasteiger partial charge in [0.1, 0.15) is 11.9 Å². The van der Waals surface area contributed by atoms with Crippen molar-refractivity contribution in [2.24, 2.45) is 0 Å². The van der Waals surface area contributed by atoms with Crippen LogP contribution in [-0.4, -0.2) is 51.7 Å². The lowest BCUT2D eigenvalue weighted by Crippen LogP contribution is -2.50. The van der Waals surface area contributed by atoms with Crippen molar-refractivity contribution in [2.45, 2.75) is 103 Å². The zero-order valence-electron chi connectivity index (χ0n) is 19.0. The van der Waals surface area contributed by atoms with E-state index in [1.807, 2.05) is 13.8 Å². The van der Waals surface area contributed by atoms with Crippen LogP contribution in [-0.2, 0) is 17.6 Å². The molecule has 0 aliphatic carbocycles. The number of amides is 2. The van der Waals surface area contributed by atoms with Gasteiger partial charge in [0.05, 0.1) is 0 Å². The number of likely N-dealkylation sites (tertiary alicyclic amines) is 1. The Morgan fingerprint density at radius 3 is 2.61 bits per heavy atom.